The summed E-state index contributed by atoms with van der Waals surface area (Å²) in [5.41, 5.74) is 5.44. The fourth-order valence-electron chi connectivity index (χ4n) is 2.19. The molecule has 1 heterocycles. The number of carbonyl (C=O) groups excluding carboxylic acids is 1. The summed E-state index contributed by atoms with van der Waals surface area (Å²) < 4.78 is 1.87. The van der Waals surface area contributed by atoms with E-state index in [0.29, 0.717) is 5.56 Å². The van der Waals surface area contributed by atoms with Gasteiger partial charge in [0.05, 0.1) is 11.0 Å². The van der Waals surface area contributed by atoms with Crippen molar-refractivity contribution in [1.29, 1.82) is 0 Å². The second kappa shape index (κ2) is 6.19. The van der Waals surface area contributed by atoms with E-state index in [1.54, 1.807) is 36.1 Å². The molecule has 0 atom stereocenters. The number of carbonyl (C=O) groups is 1. The molecule has 0 aliphatic heterocycles. The summed E-state index contributed by atoms with van der Waals surface area (Å²) in [7, 11) is 0. The first-order valence-electron chi connectivity index (χ1n) is 6.50. The third-order valence-corrected chi connectivity index (χ3v) is 3.18. The van der Waals surface area contributed by atoms with Crippen LogP contribution in [0.1, 0.15) is 24.2 Å². The standard InChI is InChI=1S/C16H17N3O2/c1-4-6-11(3)14(5-2)19-10-17-13-8-7-12(9-15(13)19)16(20)18-21/h4-10,21H,2H2,1,3H3,(H,18,20). The lowest BCUT2D eigenvalue weighted by Gasteiger charge is -2.08. The zero-order valence-corrected chi connectivity index (χ0v) is 12.0. The van der Waals surface area contributed by atoms with Gasteiger partial charge < -0.3 is 0 Å². The Bertz CT molecular complexity index is 754. The van der Waals surface area contributed by atoms with Crippen molar-refractivity contribution in [2.45, 2.75) is 13.8 Å². The molecule has 0 saturated heterocycles. The molecule has 0 aliphatic carbocycles. The summed E-state index contributed by atoms with van der Waals surface area (Å²) in [6.07, 6.45) is 7.36. The highest BCUT2D eigenvalue weighted by molar-refractivity contribution is 5.97. The number of hydrogen-bond acceptors (Lipinski definition) is 3. The zero-order chi connectivity index (χ0) is 15.4. The summed E-state index contributed by atoms with van der Waals surface area (Å²) in [6.45, 7) is 7.76. The summed E-state index contributed by atoms with van der Waals surface area (Å²) in [5.74, 6) is -0.557. The normalized spacial score (nSPS) is 12.5. The fraction of sp³-hybridized carbons (Fsp3) is 0.125. The molecule has 1 aromatic heterocycles. The predicted molar refractivity (Wildman–Crippen MR) is 82.9 cm³/mol. The zero-order valence-electron chi connectivity index (χ0n) is 12.0. The highest BCUT2D eigenvalue weighted by atomic mass is 16.5. The largest absolute Gasteiger partial charge is 0.299 e. The van der Waals surface area contributed by atoms with Gasteiger partial charge in [-0.1, -0.05) is 18.7 Å². The molecule has 5 heteroatoms. The van der Waals surface area contributed by atoms with Crippen LogP contribution in [0.3, 0.4) is 0 Å². The van der Waals surface area contributed by atoms with Crippen molar-refractivity contribution >= 4 is 22.6 Å². The topological polar surface area (TPSA) is 67.2 Å². The lowest BCUT2D eigenvalue weighted by Crippen LogP contribution is -2.18. The van der Waals surface area contributed by atoms with Crippen LogP contribution in [0.4, 0.5) is 0 Å². The van der Waals surface area contributed by atoms with Crippen molar-refractivity contribution in [3.05, 3.63) is 60.5 Å². The van der Waals surface area contributed by atoms with Gasteiger partial charge in [0.15, 0.2) is 0 Å². The minimum Gasteiger partial charge on any atom is -0.299 e. The number of benzene rings is 1. The molecular weight excluding hydrogens is 266 g/mol. The third kappa shape index (κ3) is 2.78. The molecule has 2 aromatic rings. The van der Waals surface area contributed by atoms with Crippen LogP contribution in [0.15, 0.2) is 54.9 Å². The molecular formula is C16H17N3O2. The van der Waals surface area contributed by atoms with Gasteiger partial charge in [0.25, 0.3) is 5.91 Å². The van der Waals surface area contributed by atoms with Crippen LogP contribution in [-0.4, -0.2) is 20.7 Å². The average molecular weight is 283 g/mol. The molecule has 0 fully saturated rings. The summed E-state index contributed by atoms with van der Waals surface area (Å²) in [5, 5.41) is 8.74. The van der Waals surface area contributed by atoms with Gasteiger partial charge in [-0.2, -0.15) is 0 Å². The maximum absolute atomic E-state index is 11.5. The Morgan fingerprint density at radius 2 is 2.24 bits per heavy atom. The van der Waals surface area contributed by atoms with E-state index >= 15 is 0 Å². The Kier molecular flexibility index (Phi) is 4.35. The van der Waals surface area contributed by atoms with Crippen molar-refractivity contribution in [2.75, 3.05) is 0 Å². The van der Waals surface area contributed by atoms with Crippen molar-refractivity contribution in [3.63, 3.8) is 0 Å². The maximum atomic E-state index is 11.5. The van der Waals surface area contributed by atoms with E-state index in [2.05, 4.69) is 11.6 Å². The number of aromatic nitrogens is 2. The molecule has 0 saturated carbocycles. The van der Waals surface area contributed by atoms with E-state index in [4.69, 9.17) is 5.21 Å². The second-order valence-electron chi connectivity index (χ2n) is 4.53. The molecule has 0 unspecified atom stereocenters. The van der Waals surface area contributed by atoms with Gasteiger partial charge in [0.2, 0.25) is 0 Å². The number of allylic oxidation sites excluding steroid dienone is 5. The first kappa shape index (κ1) is 14.7. The van der Waals surface area contributed by atoms with Crippen molar-refractivity contribution in [3.8, 4) is 0 Å². The lowest BCUT2D eigenvalue weighted by molar-refractivity contribution is 0.0706. The molecule has 2 rings (SSSR count). The van der Waals surface area contributed by atoms with Crippen LogP contribution >= 0.6 is 0 Å². The Labute approximate surface area is 122 Å². The van der Waals surface area contributed by atoms with Crippen molar-refractivity contribution in [2.24, 2.45) is 0 Å². The molecule has 0 radical (unpaired) electrons. The molecule has 21 heavy (non-hydrogen) atoms. The minimum absolute atomic E-state index is 0.360. The molecule has 0 spiro atoms. The Morgan fingerprint density at radius 3 is 2.86 bits per heavy atom. The van der Waals surface area contributed by atoms with Gasteiger partial charge in [-0.05, 0) is 43.7 Å². The van der Waals surface area contributed by atoms with Gasteiger partial charge in [-0.3, -0.25) is 14.6 Å². The number of amides is 1. The predicted octanol–water partition coefficient (Wildman–Crippen LogP) is 3.15. The van der Waals surface area contributed by atoms with E-state index in [-0.39, 0.29) is 0 Å². The third-order valence-electron chi connectivity index (χ3n) is 3.18. The van der Waals surface area contributed by atoms with E-state index in [9.17, 15) is 4.79 Å². The highest BCUT2D eigenvalue weighted by Gasteiger charge is 2.10. The molecule has 0 bridgehead atoms. The Morgan fingerprint density at radius 1 is 1.48 bits per heavy atom. The lowest BCUT2D eigenvalue weighted by atomic mass is 10.1. The average Bonchev–Trinajstić information content (AvgIpc) is 2.90. The maximum Gasteiger partial charge on any atom is 0.274 e. The van der Waals surface area contributed by atoms with Gasteiger partial charge in [0.1, 0.15) is 6.33 Å². The van der Waals surface area contributed by atoms with Crippen LogP contribution in [0.25, 0.3) is 16.7 Å². The Hall–Kier alpha value is -2.66. The van der Waals surface area contributed by atoms with Gasteiger partial charge in [-0.25, -0.2) is 10.5 Å². The summed E-state index contributed by atoms with van der Waals surface area (Å²) in [6, 6.07) is 5.03. The minimum atomic E-state index is -0.557. The molecule has 108 valence electrons. The summed E-state index contributed by atoms with van der Waals surface area (Å²) >= 11 is 0. The number of hydrogen-bond donors (Lipinski definition) is 2. The van der Waals surface area contributed by atoms with Crippen LogP contribution in [0, 0.1) is 0 Å². The number of nitrogens with zero attached hydrogens (tertiary/aromatic N) is 2. The SMILES string of the molecule is C=CC(=C(C)C=CC)n1cnc2ccc(C(=O)NO)cc21. The van der Waals surface area contributed by atoms with Gasteiger partial charge >= 0.3 is 0 Å². The molecule has 2 N–H and O–H groups in total. The van der Waals surface area contributed by atoms with Crippen molar-refractivity contribution < 1.29 is 10.0 Å². The number of imidazole rings is 1. The van der Waals surface area contributed by atoms with E-state index in [1.807, 2.05) is 30.6 Å². The van der Waals surface area contributed by atoms with Crippen LogP contribution in [-0.2, 0) is 0 Å². The number of hydroxylamine groups is 1. The van der Waals surface area contributed by atoms with Crippen LogP contribution in [0.2, 0.25) is 0 Å². The second-order valence-corrected chi connectivity index (χ2v) is 4.53. The highest BCUT2D eigenvalue weighted by Crippen LogP contribution is 2.22. The van der Waals surface area contributed by atoms with Crippen LogP contribution < -0.4 is 5.48 Å². The number of nitrogens with one attached hydrogen (secondary N) is 1. The number of fused-ring (bicyclic) bond motifs is 1. The number of rotatable bonds is 4. The van der Waals surface area contributed by atoms with Gasteiger partial charge in [-0.15, -0.1) is 0 Å². The Balaban J connectivity index is 2.67. The van der Waals surface area contributed by atoms with E-state index in [0.717, 1.165) is 22.3 Å². The first-order chi connectivity index (χ1) is 10.1. The van der Waals surface area contributed by atoms with Gasteiger partial charge in [0, 0.05) is 11.3 Å². The quantitative estimate of drug-likeness (QED) is 0.514. The smallest absolute Gasteiger partial charge is 0.274 e. The van der Waals surface area contributed by atoms with Crippen LogP contribution in [0.5, 0.6) is 0 Å². The van der Waals surface area contributed by atoms with E-state index in [1.165, 1.54) is 0 Å². The fourth-order valence-corrected chi connectivity index (χ4v) is 2.19. The molecule has 1 aromatic carbocycles. The summed E-state index contributed by atoms with van der Waals surface area (Å²) in [4.78, 5) is 15.9. The van der Waals surface area contributed by atoms with Crippen molar-refractivity contribution in [1.82, 2.24) is 15.0 Å². The molecule has 0 aliphatic rings. The monoisotopic (exact) mass is 283 g/mol. The molecule has 1 amide bonds. The first-order valence-corrected chi connectivity index (χ1v) is 6.50. The molecule has 5 nitrogen and oxygen atoms in total. The van der Waals surface area contributed by atoms with E-state index < -0.39 is 5.91 Å².